The molecular weight excluding hydrogens is 192 g/mol. The number of hydrogen-bond acceptors (Lipinski definition) is 2. The maximum Gasteiger partial charge on any atom is 0.303 e. The number of benzene rings is 1. The lowest BCUT2D eigenvalue weighted by molar-refractivity contribution is -0.137. The summed E-state index contributed by atoms with van der Waals surface area (Å²) in [4.78, 5) is 10.4. The van der Waals surface area contributed by atoms with E-state index in [9.17, 15) is 9.90 Å². The first-order valence-corrected chi connectivity index (χ1v) is 5.01. The van der Waals surface area contributed by atoms with Crippen molar-refractivity contribution in [2.45, 2.75) is 33.1 Å². The van der Waals surface area contributed by atoms with Gasteiger partial charge in [-0.3, -0.25) is 4.79 Å². The van der Waals surface area contributed by atoms with Crippen LogP contribution in [0.2, 0.25) is 0 Å². The Morgan fingerprint density at radius 2 is 1.80 bits per heavy atom. The average molecular weight is 208 g/mol. The zero-order chi connectivity index (χ0) is 11.4. The van der Waals surface area contributed by atoms with Crippen LogP contribution in [0.1, 0.15) is 29.5 Å². The largest absolute Gasteiger partial charge is 0.508 e. The second-order valence-electron chi connectivity index (χ2n) is 3.81. The predicted octanol–water partition coefficient (Wildman–Crippen LogP) is 2.42. The molecule has 0 fully saturated rings. The molecule has 1 rings (SSSR count). The molecule has 0 saturated carbocycles. The molecule has 0 bridgehead atoms. The summed E-state index contributed by atoms with van der Waals surface area (Å²) in [5, 5.41) is 17.9. The standard InChI is InChI=1S/C12H16O3/c1-8-6-10(13)7-9(2)11(8)4-3-5-12(14)15/h6-7,13H,3-5H2,1-2H3,(H,14,15). The van der Waals surface area contributed by atoms with Gasteiger partial charge in [0.05, 0.1) is 0 Å². The van der Waals surface area contributed by atoms with Gasteiger partial charge in [0.25, 0.3) is 0 Å². The van der Waals surface area contributed by atoms with Crippen LogP contribution in [-0.2, 0) is 11.2 Å². The number of hydrogen-bond donors (Lipinski definition) is 2. The zero-order valence-electron chi connectivity index (χ0n) is 9.08. The molecular formula is C12H16O3. The molecule has 0 aromatic heterocycles. The van der Waals surface area contributed by atoms with Crippen LogP contribution in [0.3, 0.4) is 0 Å². The van der Waals surface area contributed by atoms with Crippen molar-refractivity contribution < 1.29 is 15.0 Å². The van der Waals surface area contributed by atoms with Crippen LogP contribution in [0, 0.1) is 13.8 Å². The van der Waals surface area contributed by atoms with Crippen LogP contribution in [0.15, 0.2) is 12.1 Å². The van der Waals surface area contributed by atoms with E-state index >= 15 is 0 Å². The summed E-state index contributed by atoms with van der Waals surface area (Å²) >= 11 is 0. The highest BCUT2D eigenvalue weighted by atomic mass is 16.4. The Balaban J connectivity index is 2.72. The molecule has 0 aliphatic rings. The van der Waals surface area contributed by atoms with E-state index < -0.39 is 5.97 Å². The third-order valence-electron chi connectivity index (χ3n) is 2.50. The Morgan fingerprint density at radius 1 is 1.27 bits per heavy atom. The smallest absolute Gasteiger partial charge is 0.303 e. The first-order chi connectivity index (χ1) is 7.00. The Bertz CT molecular complexity index is 346. The molecule has 1 aromatic carbocycles. The molecule has 3 nitrogen and oxygen atoms in total. The summed E-state index contributed by atoms with van der Waals surface area (Å²) in [5.41, 5.74) is 3.20. The van der Waals surface area contributed by atoms with Gasteiger partial charge in [-0.1, -0.05) is 0 Å². The van der Waals surface area contributed by atoms with Gasteiger partial charge >= 0.3 is 5.97 Å². The van der Waals surface area contributed by atoms with E-state index in [4.69, 9.17) is 5.11 Å². The maximum absolute atomic E-state index is 10.4. The summed E-state index contributed by atoms with van der Waals surface area (Å²) < 4.78 is 0. The molecule has 0 saturated heterocycles. The van der Waals surface area contributed by atoms with Crippen LogP contribution in [0.4, 0.5) is 0 Å². The minimum Gasteiger partial charge on any atom is -0.508 e. The molecule has 82 valence electrons. The number of aryl methyl sites for hydroxylation is 2. The first-order valence-electron chi connectivity index (χ1n) is 5.01. The highest BCUT2D eigenvalue weighted by Crippen LogP contribution is 2.22. The highest BCUT2D eigenvalue weighted by molar-refractivity contribution is 5.66. The fourth-order valence-electron chi connectivity index (χ4n) is 1.78. The summed E-state index contributed by atoms with van der Waals surface area (Å²) in [6.45, 7) is 3.87. The monoisotopic (exact) mass is 208 g/mol. The van der Waals surface area contributed by atoms with E-state index in [1.165, 1.54) is 0 Å². The van der Waals surface area contributed by atoms with Crippen molar-refractivity contribution in [3.63, 3.8) is 0 Å². The Morgan fingerprint density at radius 3 is 2.27 bits per heavy atom. The van der Waals surface area contributed by atoms with E-state index in [2.05, 4.69) is 0 Å². The molecule has 0 aliphatic heterocycles. The van der Waals surface area contributed by atoms with Crippen molar-refractivity contribution in [2.75, 3.05) is 0 Å². The summed E-state index contributed by atoms with van der Waals surface area (Å²) in [7, 11) is 0. The molecule has 1 aromatic rings. The van der Waals surface area contributed by atoms with Gasteiger partial charge in [0.2, 0.25) is 0 Å². The van der Waals surface area contributed by atoms with Crippen molar-refractivity contribution >= 4 is 5.97 Å². The fraction of sp³-hybridized carbons (Fsp3) is 0.417. The van der Waals surface area contributed by atoms with Gasteiger partial charge in [0.15, 0.2) is 0 Å². The highest BCUT2D eigenvalue weighted by Gasteiger charge is 2.05. The third-order valence-corrected chi connectivity index (χ3v) is 2.50. The number of phenolic OH excluding ortho intramolecular Hbond substituents is 1. The van der Waals surface area contributed by atoms with Gasteiger partial charge in [-0.15, -0.1) is 0 Å². The maximum atomic E-state index is 10.4. The van der Waals surface area contributed by atoms with Gasteiger partial charge in [0.1, 0.15) is 5.75 Å². The summed E-state index contributed by atoms with van der Waals surface area (Å²) in [5.74, 6) is -0.490. The van der Waals surface area contributed by atoms with Crippen molar-refractivity contribution in [2.24, 2.45) is 0 Å². The van der Waals surface area contributed by atoms with Crippen LogP contribution in [0.5, 0.6) is 5.75 Å². The number of carbonyl (C=O) groups is 1. The van der Waals surface area contributed by atoms with E-state index in [1.54, 1.807) is 12.1 Å². The number of aliphatic carboxylic acids is 1. The molecule has 0 heterocycles. The molecule has 0 atom stereocenters. The lowest BCUT2D eigenvalue weighted by Crippen LogP contribution is -1.99. The number of carboxylic acid groups (broad SMARTS) is 1. The van der Waals surface area contributed by atoms with Gasteiger partial charge in [-0.05, 0) is 55.5 Å². The Labute approximate surface area is 89.4 Å². The molecule has 0 spiro atoms. The van der Waals surface area contributed by atoms with Gasteiger partial charge in [-0.2, -0.15) is 0 Å². The van der Waals surface area contributed by atoms with Crippen LogP contribution in [0.25, 0.3) is 0 Å². The quantitative estimate of drug-likeness (QED) is 0.798. The molecule has 15 heavy (non-hydrogen) atoms. The number of phenols is 1. The van der Waals surface area contributed by atoms with Gasteiger partial charge in [-0.25, -0.2) is 0 Å². The summed E-state index contributed by atoms with van der Waals surface area (Å²) in [6, 6.07) is 3.42. The summed E-state index contributed by atoms with van der Waals surface area (Å²) in [6.07, 6.45) is 1.59. The second-order valence-corrected chi connectivity index (χ2v) is 3.81. The number of rotatable bonds is 4. The predicted molar refractivity (Wildman–Crippen MR) is 58.2 cm³/mol. The van der Waals surface area contributed by atoms with E-state index in [0.29, 0.717) is 6.42 Å². The lowest BCUT2D eigenvalue weighted by Gasteiger charge is -2.09. The average Bonchev–Trinajstić information content (AvgIpc) is 2.08. The third kappa shape index (κ3) is 3.27. The topological polar surface area (TPSA) is 57.5 Å². The van der Waals surface area contributed by atoms with Crippen LogP contribution >= 0.6 is 0 Å². The van der Waals surface area contributed by atoms with Crippen molar-refractivity contribution in [1.82, 2.24) is 0 Å². The minimum atomic E-state index is -0.760. The molecule has 0 aliphatic carbocycles. The van der Waals surface area contributed by atoms with E-state index in [1.807, 2.05) is 13.8 Å². The van der Waals surface area contributed by atoms with E-state index in [0.717, 1.165) is 23.1 Å². The van der Waals surface area contributed by atoms with Gasteiger partial charge in [0, 0.05) is 6.42 Å². The molecule has 0 unspecified atom stereocenters. The molecule has 0 radical (unpaired) electrons. The molecule has 3 heteroatoms. The number of carboxylic acids is 1. The minimum absolute atomic E-state index is 0.194. The van der Waals surface area contributed by atoms with Gasteiger partial charge < -0.3 is 10.2 Å². The van der Waals surface area contributed by atoms with Crippen molar-refractivity contribution in [3.8, 4) is 5.75 Å². The van der Waals surface area contributed by atoms with Crippen molar-refractivity contribution in [3.05, 3.63) is 28.8 Å². The van der Waals surface area contributed by atoms with Crippen LogP contribution in [-0.4, -0.2) is 16.2 Å². The second kappa shape index (κ2) is 4.82. The lowest BCUT2D eigenvalue weighted by atomic mass is 9.97. The Kier molecular flexibility index (Phi) is 3.72. The Hall–Kier alpha value is -1.51. The normalized spacial score (nSPS) is 10.3. The number of aromatic hydroxyl groups is 1. The first kappa shape index (κ1) is 11.6. The SMILES string of the molecule is Cc1cc(O)cc(C)c1CCCC(=O)O. The van der Waals surface area contributed by atoms with Crippen LogP contribution < -0.4 is 0 Å². The van der Waals surface area contributed by atoms with Crippen molar-refractivity contribution in [1.29, 1.82) is 0 Å². The molecule has 0 amide bonds. The fourth-order valence-corrected chi connectivity index (χ4v) is 1.78. The van der Waals surface area contributed by atoms with E-state index in [-0.39, 0.29) is 12.2 Å². The zero-order valence-corrected chi connectivity index (χ0v) is 9.08. The molecule has 2 N–H and O–H groups in total.